The SMILES string of the molecule is Cc1cc2c(OCCNCc3cncc(-c4ccc(F)c(F)c4)c3)cccc2[nH]1.Cl. The lowest BCUT2D eigenvalue weighted by molar-refractivity contribution is 0.317. The Morgan fingerprint density at radius 3 is 2.70 bits per heavy atom. The molecule has 2 aromatic carbocycles. The summed E-state index contributed by atoms with van der Waals surface area (Å²) in [6, 6.07) is 13.8. The number of aryl methyl sites for hydroxylation is 1. The first-order valence-corrected chi connectivity index (χ1v) is 9.41. The highest BCUT2D eigenvalue weighted by Gasteiger charge is 2.06. The lowest BCUT2D eigenvalue weighted by Crippen LogP contribution is -2.20. The number of aromatic nitrogens is 2. The van der Waals surface area contributed by atoms with E-state index < -0.39 is 11.6 Å². The lowest BCUT2D eigenvalue weighted by atomic mass is 10.1. The number of hydrogen-bond donors (Lipinski definition) is 2. The van der Waals surface area contributed by atoms with Gasteiger partial charge in [-0.3, -0.25) is 4.98 Å². The third kappa shape index (κ3) is 4.96. The Balaban J connectivity index is 0.00000256. The summed E-state index contributed by atoms with van der Waals surface area (Å²) in [5.74, 6) is -0.864. The van der Waals surface area contributed by atoms with Gasteiger partial charge in [0.25, 0.3) is 0 Å². The van der Waals surface area contributed by atoms with Crippen molar-refractivity contribution in [3.63, 3.8) is 0 Å². The molecule has 0 aliphatic heterocycles. The fourth-order valence-electron chi connectivity index (χ4n) is 3.28. The Kier molecular flexibility index (Phi) is 7.03. The zero-order valence-electron chi connectivity index (χ0n) is 16.4. The van der Waals surface area contributed by atoms with Crippen LogP contribution in [0.5, 0.6) is 5.75 Å². The molecule has 0 fully saturated rings. The summed E-state index contributed by atoms with van der Waals surface area (Å²) < 4.78 is 32.5. The average Bonchev–Trinajstić information content (AvgIpc) is 3.11. The highest BCUT2D eigenvalue weighted by Crippen LogP contribution is 2.26. The van der Waals surface area contributed by atoms with E-state index in [0.29, 0.717) is 25.3 Å². The Morgan fingerprint density at radius 2 is 1.87 bits per heavy atom. The summed E-state index contributed by atoms with van der Waals surface area (Å²) in [6.45, 7) is 3.81. The minimum absolute atomic E-state index is 0. The molecular weight excluding hydrogens is 408 g/mol. The maximum Gasteiger partial charge on any atom is 0.159 e. The van der Waals surface area contributed by atoms with Gasteiger partial charge in [0.1, 0.15) is 12.4 Å². The number of benzene rings is 2. The molecule has 4 nitrogen and oxygen atoms in total. The van der Waals surface area contributed by atoms with E-state index in [1.54, 1.807) is 18.5 Å². The van der Waals surface area contributed by atoms with E-state index in [9.17, 15) is 8.78 Å². The lowest BCUT2D eigenvalue weighted by Gasteiger charge is -2.09. The second-order valence-electron chi connectivity index (χ2n) is 6.91. The first-order valence-electron chi connectivity index (χ1n) is 9.41. The number of rotatable bonds is 7. The molecule has 0 atom stereocenters. The van der Waals surface area contributed by atoms with Crippen LogP contribution in [0.15, 0.2) is 60.9 Å². The molecule has 2 heterocycles. The second-order valence-corrected chi connectivity index (χ2v) is 6.91. The van der Waals surface area contributed by atoms with Gasteiger partial charge in [-0.2, -0.15) is 0 Å². The van der Waals surface area contributed by atoms with Crippen molar-refractivity contribution in [1.82, 2.24) is 15.3 Å². The molecule has 2 aromatic heterocycles. The van der Waals surface area contributed by atoms with Crippen LogP contribution in [0, 0.1) is 18.6 Å². The highest BCUT2D eigenvalue weighted by atomic mass is 35.5. The first kappa shape index (κ1) is 21.7. The Hall–Kier alpha value is -2.96. The van der Waals surface area contributed by atoms with Crippen LogP contribution < -0.4 is 10.1 Å². The molecule has 0 saturated carbocycles. The maximum atomic E-state index is 13.5. The smallest absolute Gasteiger partial charge is 0.159 e. The van der Waals surface area contributed by atoms with Crippen molar-refractivity contribution in [1.29, 1.82) is 0 Å². The molecule has 4 rings (SSSR count). The molecular formula is C23H22ClF2N3O. The molecule has 0 aliphatic rings. The number of nitrogens with zero attached hydrogens (tertiary/aromatic N) is 1. The van der Waals surface area contributed by atoms with Gasteiger partial charge in [-0.05, 0) is 54.4 Å². The molecule has 156 valence electrons. The van der Waals surface area contributed by atoms with Gasteiger partial charge in [-0.15, -0.1) is 12.4 Å². The number of hydrogen-bond acceptors (Lipinski definition) is 3. The van der Waals surface area contributed by atoms with E-state index >= 15 is 0 Å². The molecule has 0 amide bonds. The van der Waals surface area contributed by atoms with Gasteiger partial charge in [-0.25, -0.2) is 8.78 Å². The number of pyridine rings is 1. The number of ether oxygens (including phenoxy) is 1. The van der Waals surface area contributed by atoms with E-state index in [-0.39, 0.29) is 12.4 Å². The van der Waals surface area contributed by atoms with Crippen LogP contribution in [0.3, 0.4) is 0 Å². The minimum atomic E-state index is -0.865. The van der Waals surface area contributed by atoms with Crippen molar-refractivity contribution < 1.29 is 13.5 Å². The van der Waals surface area contributed by atoms with Gasteiger partial charge < -0.3 is 15.0 Å². The molecule has 4 aromatic rings. The van der Waals surface area contributed by atoms with Gasteiger partial charge in [-0.1, -0.05) is 12.1 Å². The fourth-order valence-corrected chi connectivity index (χ4v) is 3.28. The standard InChI is InChI=1S/C23H21F2N3O.ClH/c1-15-9-19-22(28-15)3-2-4-23(19)29-8-7-26-12-16-10-18(14-27-13-16)17-5-6-20(24)21(25)11-17;/h2-6,9-11,13-14,26,28H,7-8,12H2,1H3;1H. The molecule has 7 heteroatoms. The zero-order chi connectivity index (χ0) is 20.2. The van der Waals surface area contributed by atoms with Crippen LogP contribution in [-0.2, 0) is 6.54 Å². The third-order valence-corrected chi connectivity index (χ3v) is 4.67. The number of nitrogens with one attached hydrogen (secondary N) is 2. The van der Waals surface area contributed by atoms with Crippen molar-refractivity contribution in [3.8, 4) is 16.9 Å². The predicted molar refractivity (Wildman–Crippen MR) is 117 cm³/mol. The van der Waals surface area contributed by atoms with E-state index in [2.05, 4.69) is 21.4 Å². The Morgan fingerprint density at radius 1 is 1.00 bits per heavy atom. The summed E-state index contributed by atoms with van der Waals surface area (Å²) in [5.41, 5.74) is 4.46. The molecule has 0 saturated heterocycles. The average molecular weight is 430 g/mol. The number of halogens is 3. The molecule has 2 N–H and O–H groups in total. The largest absolute Gasteiger partial charge is 0.492 e. The van der Waals surface area contributed by atoms with Crippen molar-refractivity contribution >= 4 is 23.3 Å². The summed E-state index contributed by atoms with van der Waals surface area (Å²) in [7, 11) is 0. The summed E-state index contributed by atoms with van der Waals surface area (Å²) in [6.07, 6.45) is 3.39. The number of aromatic amines is 1. The first-order chi connectivity index (χ1) is 14.1. The van der Waals surface area contributed by atoms with Gasteiger partial charge in [0.15, 0.2) is 11.6 Å². The van der Waals surface area contributed by atoms with Gasteiger partial charge in [0, 0.05) is 47.6 Å². The summed E-state index contributed by atoms with van der Waals surface area (Å²) in [4.78, 5) is 7.51. The van der Waals surface area contributed by atoms with Crippen LogP contribution in [0.1, 0.15) is 11.3 Å². The van der Waals surface area contributed by atoms with E-state index in [1.807, 2.05) is 31.2 Å². The van der Waals surface area contributed by atoms with Gasteiger partial charge in [0.2, 0.25) is 0 Å². The zero-order valence-corrected chi connectivity index (χ0v) is 17.2. The van der Waals surface area contributed by atoms with Crippen molar-refractivity contribution in [2.75, 3.05) is 13.2 Å². The Bertz CT molecular complexity index is 1150. The van der Waals surface area contributed by atoms with Crippen LogP contribution in [-0.4, -0.2) is 23.1 Å². The number of H-pyrrole nitrogens is 1. The third-order valence-electron chi connectivity index (χ3n) is 4.67. The predicted octanol–water partition coefficient (Wildman–Crippen LogP) is 5.41. The molecule has 30 heavy (non-hydrogen) atoms. The van der Waals surface area contributed by atoms with E-state index in [4.69, 9.17) is 4.74 Å². The minimum Gasteiger partial charge on any atom is -0.492 e. The quantitative estimate of drug-likeness (QED) is 0.386. The topological polar surface area (TPSA) is 49.9 Å². The van der Waals surface area contributed by atoms with Crippen LogP contribution in [0.4, 0.5) is 8.78 Å². The van der Waals surface area contributed by atoms with Crippen LogP contribution in [0.25, 0.3) is 22.0 Å². The molecule has 0 bridgehead atoms. The number of fused-ring (bicyclic) bond motifs is 1. The normalized spacial score (nSPS) is 10.8. The second kappa shape index (κ2) is 9.69. The molecule has 0 aliphatic carbocycles. The van der Waals surface area contributed by atoms with E-state index in [0.717, 1.165) is 39.5 Å². The van der Waals surface area contributed by atoms with Gasteiger partial charge in [0.05, 0.1) is 0 Å². The van der Waals surface area contributed by atoms with Gasteiger partial charge >= 0.3 is 0 Å². The summed E-state index contributed by atoms with van der Waals surface area (Å²) >= 11 is 0. The van der Waals surface area contributed by atoms with Crippen LogP contribution in [0.2, 0.25) is 0 Å². The van der Waals surface area contributed by atoms with Crippen molar-refractivity contribution in [2.24, 2.45) is 0 Å². The maximum absolute atomic E-state index is 13.5. The van der Waals surface area contributed by atoms with Crippen molar-refractivity contribution in [2.45, 2.75) is 13.5 Å². The fraction of sp³-hybridized carbons (Fsp3) is 0.174. The monoisotopic (exact) mass is 429 g/mol. The molecule has 0 unspecified atom stereocenters. The van der Waals surface area contributed by atoms with Crippen LogP contribution >= 0.6 is 12.4 Å². The summed E-state index contributed by atoms with van der Waals surface area (Å²) in [5, 5.41) is 4.39. The highest BCUT2D eigenvalue weighted by molar-refractivity contribution is 5.86. The van der Waals surface area contributed by atoms with Crippen molar-refractivity contribution in [3.05, 3.63) is 83.8 Å². The Labute approximate surface area is 179 Å². The van der Waals surface area contributed by atoms with E-state index in [1.165, 1.54) is 6.07 Å². The molecule has 0 radical (unpaired) electrons. The molecule has 0 spiro atoms.